The molecule has 1 aromatic rings. The van der Waals surface area contributed by atoms with E-state index in [4.69, 9.17) is 5.26 Å². The molecular formula is C15H15N. The van der Waals surface area contributed by atoms with E-state index in [1.54, 1.807) is 0 Å². The van der Waals surface area contributed by atoms with Crippen LogP contribution in [0.2, 0.25) is 0 Å². The highest BCUT2D eigenvalue weighted by Crippen LogP contribution is 2.32. The number of rotatable bonds is 1. The maximum absolute atomic E-state index is 8.36. The van der Waals surface area contributed by atoms with E-state index in [0.717, 1.165) is 11.5 Å². The highest BCUT2D eigenvalue weighted by Gasteiger charge is 2.14. The minimum absolute atomic E-state index is 0.742. The van der Waals surface area contributed by atoms with Crippen LogP contribution in [0, 0.1) is 23.2 Å². The van der Waals surface area contributed by atoms with Crippen molar-refractivity contribution >= 4 is 0 Å². The lowest BCUT2D eigenvalue weighted by Crippen LogP contribution is -2.04. The summed E-state index contributed by atoms with van der Waals surface area (Å²) in [5.41, 5.74) is 2.36. The van der Waals surface area contributed by atoms with E-state index in [2.05, 4.69) is 24.0 Å². The molecule has 1 aromatic carbocycles. The number of hydrogen-bond donors (Lipinski definition) is 0. The number of benzene rings is 1. The van der Waals surface area contributed by atoms with E-state index >= 15 is 0 Å². The minimum atomic E-state index is 0.742. The van der Waals surface area contributed by atoms with E-state index in [-0.39, 0.29) is 0 Å². The normalized spacial score (nSPS) is 15.9. The maximum atomic E-state index is 8.36. The second-order valence-electron chi connectivity index (χ2n) is 4.32. The van der Waals surface area contributed by atoms with E-state index in [0.29, 0.717) is 0 Å². The summed E-state index contributed by atoms with van der Waals surface area (Å²) < 4.78 is 0. The first kappa shape index (κ1) is 10.8. The molecule has 0 aromatic heterocycles. The number of nitriles is 1. The van der Waals surface area contributed by atoms with Crippen molar-refractivity contribution in [3.63, 3.8) is 0 Å². The standard InChI is InChI=1S/C15H15N/c16-12-4-5-13-8-10-15(11-9-13)14-6-2-1-3-7-14/h8-11,14H,1-3,6-7H2. The third-order valence-corrected chi connectivity index (χ3v) is 3.25. The van der Waals surface area contributed by atoms with Crippen LogP contribution in [0.25, 0.3) is 0 Å². The van der Waals surface area contributed by atoms with Gasteiger partial charge in [-0.15, -0.1) is 0 Å². The van der Waals surface area contributed by atoms with E-state index in [9.17, 15) is 0 Å². The first-order valence-corrected chi connectivity index (χ1v) is 5.90. The zero-order valence-corrected chi connectivity index (χ0v) is 9.37. The molecule has 1 aliphatic carbocycles. The van der Waals surface area contributed by atoms with Gasteiger partial charge in [0.15, 0.2) is 6.07 Å². The largest absolute Gasteiger partial charge is 0.183 e. The Morgan fingerprint density at radius 1 is 1.00 bits per heavy atom. The van der Waals surface area contributed by atoms with Crippen LogP contribution in [0.1, 0.15) is 49.1 Å². The van der Waals surface area contributed by atoms with Crippen molar-refractivity contribution in [3.05, 3.63) is 35.4 Å². The van der Waals surface area contributed by atoms with Crippen molar-refractivity contribution in [2.45, 2.75) is 38.0 Å². The summed E-state index contributed by atoms with van der Waals surface area (Å²) >= 11 is 0. The zero-order chi connectivity index (χ0) is 11.2. The molecular weight excluding hydrogens is 194 g/mol. The zero-order valence-electron chi connectivity index (χ0n) is 9.37. The van der Waals surface area contributed by atoms with Gasteiger partial charge in [0.1, 0.15) is 0 Å². The Hall–Kier alpha value is -1.73. The van der Waals surface area contributed by atoms with Gasteiger partial charge >= 0.3 is 0 Å². The summed E-state index contributed by atoms with van der Waals surface area (Å²) in [7, 11) is 0. The van der Waals surface area contributed by atoms with Crippen LogP contribution in [0.3, 0.4) is 0 Å². The number of nitrogens with zero attached hydrogens (tertiary/aromatic N) is 1. The third-order valence-electron chi connectivity index (χ3n) is 3.25. The fourth-order valence-electron chi connectivity index (χ4n) is 2.37. The second-order valence-corrected chi connectivity index (χ2v) is 4.32. The van der Waals surface area contributed by atoms with Crippen molar-refractivity contribution in [1.29, 1.82) is 5.26 Å². The van der Waals surface area contributed by atoms with Crippen LogP contribution in [-0.4, -0.2) is 0 Å². The molecule has 0 heterocycles. The topological polar surface area (TPSA) is 23.8 Å². The lowest BCUT2D eigenvalue weighted by atomic mass is 9.84. The molecule has 2 rings (SSSR count). The van der Waals surface area contributed by atoms with Gasteiger partial charge in [-0.1, -0.05) is 37.3 Å². The van der Waals surface area contributed by atoms with Crippen LogP contribution in [0.4, 0.5) is 0 Å². The molecule has 0 spiro atoms. The van der Waals surface area contributed by atoms with Crippen molar-refractivity contribution in [2.24, 2.45) is 0 Å². The van der Waals surface area contributed by atoms with Crippen molar-refractivity contribution in [2.75, 3.05) is 0 Å². The summed E-state index contributed by atoms with van der Waals surface area (Å²) in [6.07, 6.45) is 6.76. The van der Waals surface area contributed by atoms with Crippen molar-refractivity contribution < 1.29 is 0 Å². The molecule has 0 atom stereocenters. The SMILES string of the molecule is N#CC#Cc1ccc(C2CCCCC2)cc1. The molecule has 0 unspecified atom stereocenters. The smallest absolute Gasteiger partial charge is 0.152 e. The summed E-state index contributed by atoms with van der Waals surface area (Å²) in [5.74, 6) is 5.97. The van der Waals surface area contributed by atoms with E-state index in [1.165, 1.54) is 37.7 Å². The monoisotopic (exact) mass is 209 g/mol. The Morgan fingerprint density at radius 2 is 1.69 bits per heavy atom. The highest BCUT2D eigenvalue weighted by atomic mass is 14.2. The summed E-state index contributed by atoms with van der Waals surface area (Å²) in [5, 5.41) is 8.36. The third kappa shape index (κ3) is 2.65. The Morgan fingerprint density at radius 3 is 2.31 bits per heavy atom. The molecule has 0 radical (unpaired) electrons. The first-order valence-electron chi connectivity index (χ1n) is 5.90. The minimum Gasteiger partial charge on any atom is -0.183 e. The maximum Gasteiger partial charge on any atom is 0.152 e. The quantitative estimate of drug-likeness (QED) is 0.648. The first-order chi connectivity index (χ1) is 7.90. The van der Waals surface area contributed by atoms with E-state index < -0.39 is 0 Å². The van der Waals surface area contributed by atoms with Gasteiger partial charge in [-0.25, -0.2) is 0 Å². The van der Waals surface area contributed by atoms with Crippen LogP contribution >= 0.6 is 0 Å². The van der Waals surface area contributed by atoms with Gasteiger partial charge in [-0.05, 0) is 36.5 Å². The lowest BCUT2D eigenvalue weighted by molar-refractivity contribution is 0.443. The highest BCUT2D eigenvalue weighted by molar-refractivity contribution is 5.39. The molecule has 1 heteroatoms. The van der Waals surface area contributed by atoms with Gasteiger partial charge in [-0.3, -0.25) is 0 Å². The van der Waals surface area contributed by atoms with Crippen LogP contribution in [0.15, 0.2) is 24.3 Å². The molecule has 0 N–H and O–H groups in total. The van der Waals surface area contributed by atoms with Crippen LogP contribution in [-0.2, 0) is 0 Å². The fourth-order valence-corrected chi connectivity index (χ4v) is 2.37. The molecule has 1 aliphatic rings. The molecule has 16 heavy (non-hydrogen) atoms. The van der Waals surface area contributed by atoms with Gasteiger partial charge in [0.05, 0.1) is 0 Å². The van der Waals surface area contributed by atoms with Crippen molar-refractivity contribution in [3.8, 4) is 17.9 Å². The van der Waals surface area contributed by atoms with Crippen LogP contribution < -0.4 is 0 Å². The molecule has 1 nitrogen and oxygen atoms in total. The van der Waals surface area contributed by atoms with Gasteiger partial charge in [0.2, 0.25) is 0 Å². The van der Waals surface area contributed by atoms with Gasteiger partial charge in [-0.2, -0.15) is 5.26 Å². The molecule has 0 aliphatic heterocycles. The second kappa shape index (κ2) is 5.38. The molecule has 0 bridgehead atoms. The summed E-state index contributed by atoms with van der Waals surface area (Å²) in [4.78, 5) is 0. The van der Waals surface area contributed by atoms with Crippen LogP contribution in [0.5, 0.6) is 0 Å². The lowest BCUT2D eigenvalue weighted by Gasteiger charge is -2.21. The van der Waals surface area contributed by atoms with E-state index in [1.807, 2.05) is 18.2 Å². The Bertz CT molecular complexity index is 433. The van der Waals surface area contributed by atoms with Gasteiger partial charge in [0.25, 0.3) is 0 Å². The molecule has 80 valence electrons. The predicted octanol–water partition coefficient (Wildman–Crippen LogP) is 3.61. The number of hydrogen-bond acceptors (Lipinski definition) is 1. The summed E-state index contributed by atoms with van der Waals surface area (Å²) in [6.45, 7) is 0. The van der Waals surface area contributed by atoms with Gasteiger partial charge in [0, 0.05) is 11.5 Å². The Kier molecular flexibility index (Phi) is 3.62. The molecule has 1 fully saturated rings. The summed E-state index contributed by atoms with van der Waals surface area (Å²) in [6, 6.07) is 10.2. The molecule has 0 amide bonds. The Balaban J connectivity index is 2.09. The average Bonchev–Trinajstić information content (AvgIpc) is 2.38. The molecule has 0 saturated heterocycles. The van der Waals surface area contributed by atoms with Crippen molar-refractivity contribution in [1.82, 2.24) is 0 Å². The van der Waals surface area contributed by atoms with Gasteiger partial charge < -0.3 is 0 Å². The average molecular weight is 209 g/mol. The molecule has 1 saturated carbocycles. The fraction of sp³-hybridized carbons (Fsp3) is 0.400. The predicted molar refractivity (Wildman–Crippen MR) is 64.8 cm³/mol. The Labute approximate surface area is 97.1 Å².